The molecular weight excluding hydrogens is 240 g/mol. The van der Waals surface area contributed by atoms with E-state index in [2.05, 4.69) is 31.1 Å². The molecule has 0 aromatic carbocycles. The fourth-order valence-corrected chi connectivity index (χ4v) is 2.02. The first-order chi connectivity index (χ1) is 7.08. The van der Waals surface area contributed by atoms with Gasteiger partial charge < -0.3 is 5.32 Å². The summed E-state index contributed by atoms with van der Waals surface area (Å²) in [5.74, 6) is 1.16. The molecule has 0 aliphatic heterocycles. The van der Waals surface area contributed by atoms with Crippen LogP contribution >= 0.6 is 24.2 Å². The third-order valence-electron chi connectivity index (χ3n) is 1.89. The molecule has 0 unspecified atom stereocenters. The number of rotatable bonds is 5. The van der Waals surface area contributed by atoms with Crippen LogP contribution in [-0.2, 0) is 6.54 Å². The maximum absolute atomic E-state index is 3.99. The van der Waals surface area contributed by atoms with Crippen LogP contribution in [0.2, 0.25) is 0 Å². The van der Waals surface area contributed by atoms with Crippen molar-refractivity contribution in [3.05, 3.63) is 30.1 Å². The first-order valence-electron chi connectivity index (χ1n) is 5.31. The molecule has 1 aromatic heterocycles. The predicted octanol–water partition coefficient (Wildman–Crippen LogP) is 3.12. The van der Waals surface area contributed by atoms with Crippen LogP contribution in [0.1, 0.15) is 26.3 Å². The molecule has 0 saturated carbocycles. The average Bonchev–Trinajstić information content (AvgIpc) is 2.17. The van der Waals surface area contributed by atoms with E-state index in [-0.39, 0.29) is 12.4 Å². The van der Waals surface area contributed by atoms with Crippen molar-refractivity contribution in [2.75, 3.05) is 12.3 Å². The van der Waals surface area contributed by atoms with Gasteiger partial charge in [0.05, 0.1) is 0 Å². The molecule has 0 aliphatic carbocycles. The van der Waals surface area contributed by atoms with E-state index in [4.69, 9.17) is 0 Å². The molecule has 2 nitrogen and oxygen atoms in total. The summed E-state index contributed by atoms with van der Waals surface area (Å²) < 4.78 is 0.373. The van der Waals surface area contributed by atoms with Crippen LogP contribution in [0.3, 0.4) is 0 Å². The van der Waals surface area contributed by atoms with Crippen molar-refractivity contribution in [2.45, 2.75) is 32.1 Å². The Labute approximate surface area is 109 Å². The number of aromatic nitrogens is 1. The van der Waals surface area contributed by atoms with Crippen molar-refractivity contribution < 1.29 is 0 Å². The minimum Gasteiger partial charge on any atom is -0.312 e. The number of hydrogen-bond acceptors (Lipinski definition) is 3. The summed E-state index contributed by atoms with van der Waals surface area (Å²) in [4.78, 5) is 3.99. The largest absolute Gasteiger partial charge is 0.312 e. The van der Waals surface area contributed by atoms with Gasteiger partial charge in [-0.2, -0.15) is 11.8 Å². The molecule has 0 aliphatic rings. The maximum atomic E-state index is 3.99. The van der Waals surface area contributed by atoms with Crippen molar-refractivity contribution in [2.24, 2.45) is 0 Å². The lowest BCUT2D eigenvalue weighted by Gasteiger charge is -2.17. The molecule has 0 radical (unpaired) electrons. The highest BCUT2D eigenvalue weighted by Gasteiger charge is 2.08. The van der Waals surface area contributed by atoms with E-state index < -0.39 is 0 Å². The van der Waals surface area contributed by atoms with Crippen molar-refractivity contribution in [1.82, 2.24) is 10.3 Å². The molecule has 0 fully saturated rings. The SMILES string of the molecule is CC(C)(C)SCCNCc1ccncc1.Cl. The number of nitrogens with zero attached hydrogens (tertiary/aromatic N) is 1. The Morgan fingerprint density at radius 2 is 1.88 bits per heavy atom. The Bertz CT molecular complexity index is 272. The maximum Gasteiger partial charge on any atom is 0.0271 e. The van der Waals surface area contributed by atoms with Crippen molar-refractivity contribution in [3.63, 3.8) is 0 Å². The lowest BCUT2D eigenvalue weighted by atomic mass is 10.3. The van der Waals surface area contributed by atoms with Gasteiger partial charge in [-0.3, -0.25) is 4.98 Å². The molecule has 0 spiro atoms. The molecule has 1 aromatic rings. The highest BCUT2D eigenvalue weighted by Crippen LogP contribution is 2.21. The highest BCUT2D eigenvalue weighted by atomic mass is 35.5. The molecule has 92 valence electrons. The monoisotopic (exact) mass is 260 g/mol. The summed E-state index contributed by atoms with van der Waals surface area (Å²) in [6.07, 6.45) is 3.67. The molecule has 1 N–H and O–H groups in total. The molecular formula is C12H21ClN2S. The molecule has 16 heavy (non-hydrogen) atoms. The molecule has 0 amide bonds. The molecule has 1 heterocycles. The second-order valence-electron chi connectivity index (χ2n) is 4.49. The second kappa shape index (κ2) is 7.93. The first-order valence-corrected chi connectivity index (χ1v) is 6.30. The van der Waals surface area contributed by atoms with Crippen LogP contribution in [0, 0.1) is 0 Å². The Morgan fingerprint density at radius 1 is 1.25 bits per heavy atom. The van der Waals surface area contributed by atoms with Gasteiger partial charge in [0.1, 0.15) is 0 Å². The van der Waals surface area contributed by atoms with Gasteiger partial charge in [-0.25, -0.2) is 0 Å². The molecule has 0 atom stereocenters. The number of pyridine rings is 1. The van der Waals surface area contributed by atoms with E-state index in [1.165, 1.54) is 5.56 Å². The van der Waals surface area contributed by atoms with Gasteiger partial charge in [-0.05, 0) is 17.7 Å². The summed E-state index contributed by atoms with van der Waals surface area (Å²) in [5, 5.41) is 3.43. The smallest absolute Gasteiger partial charge is 0.0271 e. The lowest BCUT2D eigenvalue weighted by molar-refractivity contribution is 0.725. The van der Waals surface area contributed by atoms with Gasteiger partial charge in [0.2, 0.25) is 0 Å². The van der Waals surface area contributed by atoms with E-state index >= 15 is 0 Å². The Balaban J connectivity index is 0.00000225. The summed E-state index contributed by atoms with van der Waals surface area (Å²) in [5.41, 5.74) is 1.30. The highest BCUT2D eigenvalue weighted by molar-refractivity contribution is 8.00. The summed E-state index contributed by atoms with van der Waals surface area (Å²) in [7, 11) is 0. The minimum atomic E-state index is 0. The predicted molar refractivity (Wildman–Crippen MR) is 75.4 cm³/mol. The normalized spacial score (nSPS) is 10.9. The summed E-state index contributed by atoms with van der Waals surface area (Å²) in [6, 6.07) is 4.09. The molecule has 0 bridgehead atoms. The van der Waals surface area contributed by atoms with Crippen molar-refractivity contribution in [3.8, 4) is 0 Å². The fourth-order valence-electron chi connectivity index (χ4n) is 1.16. The summed E-state index contributed by atoms with van der Waals surface area (Å²) >= 11 is 1.99. The zero-order chi connectivity index (χ0) is 11.1. The number of hydrogen-bond donors (Lipinski definition) is 1. The summed E-state index contributed by atoms with van der Waals surface area (Å²) in [6.45, 7) is 8.75. The van der Waals surface area contributed by atoms with Crippen LogP contribution in [0.5, 0.6) is 0 Å². The van der Waals surface area contributed by atoms with Crippen molar-refractivity contribution >= 4 is 24.2 Å². The quantitative estimate of drug-likeness (QED) is 0.824. The van der Waals surface area contributed by atoms with Gasteiger partial charge in [0, 0.05) is 36.0 Å². The third kappa shape index (κ3) is 7.97. The zero-order valence-electron chi connectivity index (χ0n) is 10.2. The van der Waals surface area contributed by atoms with Gasteiger partial charge in [0.15, 0.2) is 0 Å². The minimum absolute atomic E-state index is 0. The van der Waals surface area contributed by atoms with Gasteiger partial charge >= 0.3 is 0 Å². The van der Waals surface area contributed by atoms with Crippen LogP contribution in [0.25, 0.3) is 0 Å². The van der Waals surface area contributed by atoms with Crippen LogP contribution in [0.15, 0.2) is 24.5 Å². The van der Waals surface area contributed by atoms with Gasteiger partial charge in [-0.1, -0.05) is 20.8 Å². The second-order valence-corrected chi connectivity index (χ2v) is 6.41. The Kier molecular flexibility index (Phi) is 7.81. The Morgan fingerprint density at radius 3 is 2.44 bits per heavy atom. The Hall–Kier alpha value is -0.250. The van der Waals surface area contributed by atoms with Crippen molar-refractivity contribution in [1.29, 1.82) is 0 Å². The number of nitrogens with one attached hydrogen (secondary N) is 1. The van der Waals surface area contributed by atoms with Crippen LogP contribution < -0.4 is 5.32 Å². The van der Waals surface area contributed by atoms with E-state index in [0.29, 0.717) is 4.75 Å². The third-order valence-corrected chi connectivity index (χ3v) is 3.17. The van der Waals surface area contributed by atoms with Gasteiger partial charge in [0.25, 0.3) is 0 Å². The van der Waals surface area contributed by atoms with Crippen LogP contribution in [-0.4, -0.2) is 22.0 Å². The number of thioether (sulfide) groups is 1. The standard InChI is InChI=1S/C12H20N2S.ClH/c1-12(2,3)15-9-8-14-10-11-4-6-13-7-5-11;/h4-7,14H,8-10H2,1-3H3;1H. The van der Waals surface area contributed by atoms with E-state index in [1.54, 1.807) is 0 Å². The van der Waals surface area contributed by atoms with E-state index in [1.807, 2.05) is 36.3 Å². The lowest BCUT2D eigenvalue weighted by Crippen LogP contribution is -2.19. The van der Waals surface area contributed by atoms with E-state index in [0.717, 1.165) is 18.8 Å². The van der Waals surface area contributed by atoms with Gasteiger partial charge in [-0.15, -0.1) is 12.4 Å². The van der Waals surface area contributed by atoms with Crippen LogP contribution in [0.4, 0.5) is 0 Å². The fraction of sp³-hybridized carbons (Fsp3) is 0.583. The van der Waals surface area contributed by atoms with E-state index in [9.17, 15) is 0 Å². The average molecular weight is 261 g/mol. The zero-order valence-corrected chi connectivity index (χ0v) is 11.8. The first kappa shape index (κ1) is 15.8. The number of halogens is 1. The molecule has 1 rings (SSSR count). The molecule has 0 saturated heterocycles. The topological polar surface area (TPSA) is 24.9 Å². The molecule has 4 heteroatoms.